The van der Waals surface area contributed by atoms with Crippen molar-refractivity contribution in [2.24, 2.45) is 0 Å². The first-order valence-electron chi connectivity index (χ1n) is 12.3. The number of rotatable bonds is 11. The van der Waals surface area contributed by atoms with Gasteiger partial charge in [-0.2, -0.15) is 0 Å². The minimum Gasteiger partial charge on any atom is -0.493 e. The molecule has 0 unspecified atom stereocenters. The minimum atomic E-state index is -0.413. The Morgan fingerprint density at radius 1 is 0.947 bits per heavy atom. The minimum absolute atomic E-state index is 0.0903. The monoisotopic (exact) mass is 518 g/mol. The van der Waals surface area contributed by atoms with Crippen LogP contribution in [0.4, 0.5) is 10.5 Å². The molecule has 1 N–H and O–H groups in total. The largest absolute Gasteiger partial charge is 0.493 e. The lowest BCUT2D eigenvalue weighted by Gasteiger charge is -2.19. The number of hydrogen-bond acceptors (Lipinski definition) is 7. The Labute approximate surface area is 221 Å². The van der Waals surface area contributed by atoms with Crippen LogP contribution < -0.4 is 14.8 Å². The summed E-state index contributed by atoms with van der Waals surface area (Å²) in [5.41, 5.74) is 2.84. The van der Waals surface area contributed by atoms with Crippen LogP contribution in [-0.4, -0.2) is 49.7 Å². The normalized spacial score (nSPS) is 12.6. The molecule has 9 nitrogen and oxygen atoms in total. The molecule has 3 aromatic carbocycles. The van der Waals surface area contributed by atoms with Gasteiger partial charge in [-0.3, -0.25) is 9.59 Å². The Kier molecular flexibility index (Phi) is 8.81. The van der Waals surface area contributed by atoms with E-state index in [0.717, 1.165) is 5.56 Å². The zero-order chi connectivity index (χ0) is 26.9. The fourth-order valence-corrected chi connectivity index (χ4v) is 4.05. The number of nitrogens with one attached hydrogen (secondary N) is 1. The van der Waals surface area contributed by atoms with Gasteiger partial charge in [0.15, 0.2) is 11.5 Å². The summed E-state index contributed by atoms with van der Waals surface area (Å²) in [5.74, 6) is 0.847. The molecule has 9 heteroatoms. The molecule has 1 aliphatic heterocycles. The Morgan fingerprint density at radius 3 is 2.45 bits per heavy atom. The average Bonchev–Trinajstić information content (AvgIpc) is 3.30. The van der Waals surface area contributed by atoms with Crippen LogP contribution in [0.1, 0.15) is 23.6 Å². The number of carbonyl (C=O) groups excluding carboxylic acids is 3. The van der Waals surface area contributed by atoms with Gasteiger partial charge in [0.05, 0.1) is 39.6 Å². The molecule has 0 saturated carbocycles. The number of hydrogen-bond donors (Lipinski definition) is 1. The van der Waals surface area contributed by atoms with Gasteiger partial charge < -0.3 is 29.2 Å². The zero-order valence-corrected chi connectivity index (χ0v) is 21.4. The molecule has 1 saturated heterocycles. The van der Waals surface area contributed by atoms with E-state index < -0.39 is 6.09 Å². The lowest BCUT2D eigenvalue weighted by molar-refractivity contribution is -0.142. The van der Waals surface area contributed by atoms with Gasteiger partial charge >= 0.3 is 12.1 Å². The maximum Gasteiger partial charge on any atom is 0.410 e. The molecule has 3 aromatic rings. The van der Waals surface area contributed by atoms with Crippen LogP contribution in [0.3, 0.4) is 0 Å². The maximum atomic E-state index is 12.6. The molecular weight excluding hydrogens is 488 g/mol. The highest BCUT2D eigenvalue weighted by Crippen LogP contribution is 2.36. The van der Waals surface area contributed by atoms with Crippen molar-refractivity contribution in [1.82, 2.24) is 4.90 Å². The van der Waals surface area contributed by atoms with Crippen molar-refractivity contribution < 1.29 is 33.3 Å². The quantitative estimate of drug-likeness (QED) is 0.366. The van der Waals surface area contributed by atoms with Crippen LogP contribution in [-0.2, 0) is 38.4 Å². The first kappa shape index (κ1) is 26.5. The van der Waals surface area contributed by atoms with E-state index in [-0.39, 0.29) is 31.3 Å². The lowest BCUT2D eigenvalue weighted by atomic mass is 10.1. The van der Waals surface area contributed by atoms with Gasteiger partial charge in [-0.1, -0.05) is 36.4 Å². The maximum absolute atomic E-state index is 12.6. The van der Waals surface area contributed by atoms with Crippen molar-refractivity contribution in [1.29, 1.82) is 0 Å². The third-order valence-electron chi connectivity index (χ3n) is 5.86. The average molecular weight is 519 g/mol. The SMILES string of the molecule is CCOC(=O)Cc1ccc(OC)c(Oc2ccc(NC(=O)Cc3ccccc3)cc2CN2CCOC2=O)c1. The number of esters is 1. The van der Waals surface area contributed by atoms with E-state index in [2.05, 4.69) is 5.32 Å². The molecule has 0 spiro atoms. The zero-order valence-electron chi connectivity index (χ0n) is 21.4. The highest BCUT2D eigenvalue weighted by molar-refractivity contribution is 5.92. The first-order valence-corrected chi connectivity index (χ1v) is 12.3. The van der Waals surface area contributed by atoms with Gasteiger partial charge in [-0.15, -0.1) is 0 Å². The summed E-state index contributed by atoms with van der Waals surface area (Å²) in [7, 11) is 1.53. The van der Waals surface area contributed by atoms with Gasteiger partial charge in [0.25, 0.3) is 0 Å². The van der Waals surface area contributed by atoms with Crippen LogP contribution in [0, 0.1) is 0 Å². The van der Waals surface area contributed by atoms with Crippen molar-refractivity contribution >= 4 is 23.7 Å². The first-order chi connectivity index (χ1) is 18.4. The number of carbonyl (C=O) groups is 3. The summed E-state index contributed by atoms with van der Waals surface area (Å²) in [6, 6.07) is 19.9. The number of cyclic esters (lactones) is 1. The summed E-state index contributed by atoms with van der Waals surface area (Å²) in [5, 5.41) is 2.92. The van der Waals surface area contributed by atoms with Crippen LogP contribution in [0.5, 0.6) is 17.2 Å². The molecular formula is C29H30N2O7. The number of methoxy groups -OCH3 is 1. The molecule has 1 heterocycles. The molecule has 0 bridgehead atoms. The van der Waals surface area contributed by atoms with Crippen LogP contribution in [0.25, 0.3) is 0 Å². The van der Waals surface area contributed by atoms with Gasteiger partial charge in [-0.05, 0) is 48.4 Å². The van der Waals surface area contributed by atoms with Gasteiger partial charge in [0.1, 0.15) is 12.4 Å². The van der Waals surface area contributed by atoms with Crippen LogP contribution >= 0.6 is 0 Å². The van der Waals surface area contributed by atoms with E-state index >= 15 is 0 Å². The Balaban J connectivity index is 1.58. The van der Waals surface area contributed by atoms with Crippen molar-refractivity contribution in [3.8, 4) is 17.2 Å². The summed E-state index contributed by atoms with van der Waals surface area (Å²) in [6.45, 7) is 3.04. The predicted molar refractivity (Wildman–Crippen MR) is 140 cm³/mol. The summed E-state index contributed by atoms with van der Waals surface area (Å²) >= 11 is 0. The van der Waals surface area contributed by atoms with Gasteiger partial charge in [-0.25, -0.2) is 4.79 Å². The number of nitrogens with zero attached hydrogens (tertiary/aromatic N) is 1. The third-order valence-corrected chi connectivity index (χ3v) is 5.86. The second kappa shape index (κ2) is 12.6. The summed E-state index contributed by atoms with van der Waals surface area (Å²) in [4.78, 5) is 38.3. The number of amides is 2. The molecule has 0 aromatic heterocycles. The van der Waals surface area contributed by atoms with Crippen LogP contribution in [0.2, 0.25) is 0 Å². The molecule has 1 aliphatic rings. The van der Waals surface area contributed by atoms with E-state index in [1.54, 1.807) is 48.2 Å². The smallest absolute Gasteiger partial charge is 0.410 e. The molecule has 4 rings (SSSR count). The molecule has 0 aliphatic carbocycles. The molecule has 198 valence electrons. The van der Waals surface area contributed by atoms with Gasteiger partial charge in [0.2, 0.25) is 5.91 Å². The summed E-state index contributed by atoms with van der Waals surface area (Å²) in [6.07, 6.45) is -0.0896. The molecule has 2 amide bonds. The van der Waals surface area contributed by atoms with E-state index in [4.69, 9.17) is 18.9 Å². The highest BCUT2D eigenvalue weighted by atomic mass is 16.6. The van der Waals surface area contributed by atoms with E-state index in [1.165, 1.54) is 7.11 Å². The standard InChI is InChI=1S/C29H30N2O7/c1-3-36-28(33)17-21-9-11-25(35-2)26(15-21)38-24-12-10-23(18-22(24)19-31-13-14-37-29(31)34)30-27(32)16-20-7-5-4-6-8-20/h4-12,15,18H,3,13-14,16-17,19H2,1-2H3,(H,30,32). The number of anilines is 1. The predicted octanol–water partition coefficient (Wildman–Crippen LogP) is 4.73. The van der Waals surface area contributed by atoms with E-state index in [1.807, 2.05) is 30.3 Å². The third kappa shape index (κ3) is 7.03. The van der Waals surface area contributed by atoms with Crippen molar-refractivity contribution in [2.75, 3.05) is 32.2 Å². The van der Waals surface area contributed by atoms with E-state index in [0.29, 0.717) is 53.8 Å². The Hall–Kier alpha value is -4.53. The Bertz CT molecular complexity index is 1290. The molecule has 0 atom stereocenters. The second-order valence-electron chi connectivity index (χ2n) is 8.64. The van der Waals surface area contributed by atoms with Crippen molar-refractivity contribution in [2.45, 2.75) is 26.3 Å². The summed E-state index contributed by atoms with van der Waals surface area (Å²) < 4.78 is 21.8. The van der Waals surface area contributed by atoms with E-state index in [9.17, 15) is 14.4 Å². The Morgan fingerprint density at radius 2 is 1.74 bits per heavy atom. The van der Waals surface area contributed by atoms with Crippen molar-refractivity contribution in [3.05, 3.63) is 83.4 Å². The fraction of sp³-hybridized carbons (Fsp3) is 0.276. The number of ether oxygens (including phenoxy) is 4. The highest BCUT2D eigenvalue weighted by Gasteiger charge is 2.24. The van der Waals surface area contributed by atoms with Gasteiger partial charge in [0, 0.05) is 11.3 Å². The lowest BCUT2D eigenvalue weighted by Crippen LogP contribution is -2.24. The number of benzene rings is 3. The van der Waals surface area contributed by atoms with Crippen LogP contribution in [0.15, 0.2) is 66.7 Å². The topological polar surface area (TPSA) is 103 Å². The van der Waals surface area contributed by atoms with Crippen molar-refractivity contribution in [3.63, 3.8) is 0 Å². The molecule has 1 fully saturated rings. The molecule has 38 heavy (non-hydrogen) atoms. The fourth-order valence-electron chi connectivity index (χ4n) is 4.05. The molecule has 0 radical (unpaired) electrons. The second-order valence-corrected chi connectivity index (χ2v) is 8.64.